The Bertz CT molecular complexity index is 2640. The molecule has 0 bridgehead atoms. The van der Waals surface area contributed by atoms with Gasteiger partial charge in [0.2, 0.25) is 23.7 Å². The standard InChI is InChI=1S/C54H67NO17S/c1-27(56)55-35-15-11-28-21-38(49(67-4)50(68-5)44(28)31-14-16-40(73-6)36(58)23-33(31)35)71-51-48(65)47(64)46(63)39(72-51)25-69-42(61)9-7-8-10-43(62)70-26-41(60)54(66)20-18-34-32-13-12-29-22-30(57)17-19-52(29,2)45(32)37(59)24-53(34,54)3/h14,16,21-23,32,34-35,39,45-48,51,63-66H,7-13,15,17-20,24-26H2,1-6H3,(H,55,56)/t32-,34-,35-,39+,45+,46+,47-,48+,51+,52-,53-,54-/m0/s1. The van der Waals surface area contributed by atoms with Gasteiger partial charge < -0.3 is 54.2 Å². The molecular formula is C54H67NO17S. The molecule has 3 saturated carbocycles. The minimum absolute atomic E-state index is 0.00115. The Hall–Kier alpha value is -5.18. The molecule has 18 nitrogen and oxygen atoms in total. The highest BCUT2D eigenvalue weighted by molar-refractivity contribution is 7.98. The minimum Gasteiger partial charge on any atom is -0.492 e. The van der Waals surface area contributed by atoms with Crippen LogP contribution in [0.1, 0.15) is 115 Å². The first-order valence-corrected chi connectivity index (χ1v) is 26.4. The molecule has 0 unspecified atom stereocenters. The molecule has 4 fully saturated rings. The number of Topliss-reactive ketones (excluding diaryl/α,β-unsaturated/α-hetero) is 2. The van der Waals surface area contributed by atoms with Crippen LogP contribution >= 0.6 is 11.8 Å². The maximum absolute atomic E-state index is 14.0. The van der Waals surface area contributed by atoms with Gasteiger partial charge in [-0.2, -0.15) is 0 Å². The monoisotopic (exact) mass is 1030 g/mol. The molecule has 1 amide bonds. The third-order valence-electron chi connectivity index (χ3n) is 16.8. The number of esters is 2. The largest absolute Gasteiger partial charge is 0.492 e. The molecule has 19 heteroatoms. The molecule has 5 N–H and O–H groups in total. The second-order valence-electron chi connectivity index (χ2n) is 21.0. The Morgan fingerprint density at radius 3 is 2.26 bits per heavy atom. The van der Waals surface area contributed by atoms with Gasteiger partial charge in [-0.15, -0.1) is 11.8 Å². The van der Waals surface area contributed by atoms with Gasteiger partial charge >= 0.3 is 11.9 Å². The summed E-state index contributed by atoms with van der Waals surface area (Å²) in [5.74, 6) is -2.30. The fourth-order valence-corrected chi connectivity index (χ4v) is 13.5. The molecule has 8 rings (SSSR count). The highest BCUT2D eigenvalue weighted by Crippen LogP contribution is 2.66. The van der Waals surface area contributed by atoms with Crippen molar-refractivity contribution in [1.29, 1.82) is 0 Å². The third kappa shape index (κ3) is 10.1. The summed E-state index contributed by atoms with van der Waals surface area (Å²) < 4.78 is 34.5. The average molecular weight is 1030 g/mol. The van der Waals surface area contributed by atoms with Crippen LogP contribution in [-0.2, 0) is 49.4 Å². The quantitative estimate of drug-likeness (QED) is 0.0885. The first-order chi connectivity index (χ1) is 34.7. The highest BCUT2D eigenvalue weighted by Gasteiger charge is 2.68. The molecule has 5 aliphatic carbocycles. The molecule has 1 aliphatic heterocycles. The van der Waals surface area contributed by atoms with Gasteiger partial charge in [0.05, 0.1) is 25.2 Å². The van der Waals surface area contributed by atoms with Crippen LogP contribution < -0.4 is 25.0 Å². The molecular weight excluding hydrogens is 967 g/mol. The molecule has 12 atom stereocenters. The van der Waals surface area contributed by atoms with E-state index in [1.54, 1.807) is 37.5 Å². The molecule has 2 aromatic carbocycles. The normalized spacial score (nSPS) is 32.2. The molecule has 0 radical (unpaired) electrons. The summed E-state index contributed by atoms with van der Waals surface area (Å²) in [5, 5.41) is 47.8. The lowest BCUT2D eigenvalue weighted by molar-refractivity contribution is -0.278. The van der Waals surface area contributed by atoms with Crippen molar-refractivity contribution in [3.8, 4) is 28.4 Å². The summed E-state index contributed by atoms with van der Waals surface area (Å²) >= 11 is 1.29. The second-order valence-corrected chi connectivity index (χ2v) is 21.8. The maximum Gasteiger partial charge on any atom is 0.306 e. The number of unbranched alkanes of at least 4 members (excludes halogenated alkanes) is 1. The number of aryl methyl sites for hydroxylation is 1. The number of rotatable bonds is 16. The number of hydrogen-bond donors (Lipinski definition) is 5. The van der Waals surface area contributed by atoms with E-state index in [0.717, 1.165) is 5.57 Å². The van der Waals surface area contributed by atoms with Gasteiger partial charge in [-0.1, -0.05) is 25.5 Å². The molecule has 73 heavy (non-hydrogen) atoms. The Labute approximate surface area is 427 Å². The number of carbonyl (C=O) groups is 6. The van der Waals surface area contributed by atoms with Crippen LogP contribution in [0.15, 0.2) is 45.6 Å². The highest BCUT2D eigenvalue weighted by atomic mass is 32.2. The molecule has 0 spiro atoms. The number of hydrogen-bond acceptors (Lipinski definition) is 18. The molecule has 396 valence electrons. The van der Waals surface area contributed by atoms with E-state index in [4.69, 9.17) is 28.4 Å². The summed E-state index contributed by atoms with van der Waals surface area (Å²) in [6.45, 7) is 4.09. The lowest BCUT2D eigenvalue weighted by atomic mass is 9.46. The summed E-state index contributed by atoms with van der Waals surface area (Å²) in [4.78, 5) is 91.6. The van der Waals surface area contributed by atoms with E-state index in [2.05, 4.69) is 12.2 Å². The van der Waals surface area contributed by atoms with Crippen LogP contribution in [0.2, 0.25) is 0 Å². The predicted octanol–water partition coefficient (Wildman–Crippen LogP) is 4.42. The zero-order chi connectivity index (χ0) is 52.7. The van der Waals surface area contributed by atoms with Crippen LogP contribution in [0.5, 0.6) is 17.2 Å². The summed E-state index contributed by atoms with van der Waals surface area (Å²) in [7, 11) is 2.80. The van der Waals surface area contributed by atoms with Crippen LogP contribution in [-0.4, -0.2) is 126 Å². The number of ether oxygens (including phenoxy) is 6. The van der Waals surface area contributed by atoms with Crippen molar-refractivity contribution in [3.05, 3.63) is 57.3 Å². The van der Waals surface area contributed by atoms with E-state index in [1.807, 2.05) is 0 Å². The molecule has 1 saturated heterocycles. The van der Waals surface area contributed by atoms with Gasteiger partial charge in [0, 0.05) is 49.5 Å². The van der Waals surface area contributed by atoms with E-state index in [0.29, 0.717) is 72.1 Å². The Morgan fingerprint density at radius 1 is 0.863 bits per heavy atom. The van der Waals surface area contributed by atoms with Crippen molar-refractivity contribution < 1.29 is 77.6 Å². The number of benzene rings is 1. The number of fused-ring (bicyclic) bond motifs is 8. The Morgan fingerprint density at radius 2 is 1.58 bits per heavy atom. The summed E-state index contributed by atoms with van der Waals surface area (Å²) in [6.07, 6.45) is -0.714. The van der Waals surface area contributed by atoms with E-state index >= 15 is 0 Å². The SMILES string of the molecule is COc1c(O[C@@H]2O[C@H](COC(=O)CCCCC(=O)OCC(=O)[C@@]3(O)CC[C@H]4[C@@H]5CCC6=CC(=O)CC[C@]6(C)[C@H]5C(=O)C[C@@]43C)[C@@H](O)[C@H](O)[C@H]2O)cc2c(c1OC)-c1ccc(SC)c(=O)cc1[C@@H](NC(C)=O)CC2. The van der Waals surface area contributed by atoms with E-state index in [-0.39, 0.29) is 96.4 Å². The average Bonchev–Trinajstić information content (AvgIpc) is 3.43. The molecule has 1 heterocycles. The predicted molar refractivity (Wildman–Crippen MR) is 263 cm³/mol. The number of methoxy groups -OCH3 is 2. The van der Waals surface area contributed by atoms with Gasteiger partial charge in [0.25, 0.3) is 0 Å². The van der Waals surface area contributed by atoms with Crippen LogP contribution in [0, 0.1) is 28.6 Å². The number of aliphatic hydroxyl groups excluding tert-OH is 3. The van der Waals surface area contributed by atoms with Crippen LogP contribution in [0.25, 0.3) is 11.1 Å². The Balaban J connectivity index is 0.840. The van der Waals surface area contributed by atoms with Gasteiger partial charge in [0.15, 0.2) is 29.3 Å². The molecule has 0 aromatic heterocycles. The number of allylic oxidation sites excluding steroid dienone is 1. The second kappa shape index (κ2) is 21.6. The third-order valence-corrected chi connectivity index (χ3v) is 17.6. The van der Waals surface area contributed by atoms with Gasteiger partial charge in [-0.05, 0) is 122 Å². The van der Waals surface area contributed by atoms with Gasteiger partial charge in [-0.25, -0.2) is 0 Å². The number of carbonyl (C=O) groups excluding carboxylic acids is 6. The van der Waals surface area contributed by atoms with Crippen molar-refractivity contribution in [3.63, 3.8) is 0 Å². The maximum atomic E-state index is 14.0. The van der Waals surface area contributed by atoms with Crippen molar-refractivity contribution >= 4 is 47.0 Å². The van der Waals surface area contributed by atoms with Crippen molar-refractivity contribution in [2.45, 2.75) is 151 Å². The lowest BCUT2D eigenvalue weighted by Crippen LogP contribution is -2.61. The smallest absolute Gasteiger partial charge is 0.306 e. The summed E-state index contributed by atoms with van der Waals surface area (Å²) in [6, 6.07) is 6.13. The number of nitrogens with one attached hydrogen (secondary N) is 1. The topological polar surface area (TPSA) is 268 Å². The van der Waals surface area contributed by atoms with E-state index < -0.39 is 84.1 Å². The zero-order valence-electron chi connectivity index (χ0n) is 42.2. The van der Waals surface area contributed by atoms with Gasteiger partial charge in [0.1, 0.15) is 42.4 Å². The van der Waals surface area contributed by atoms with Crippen LogP contribution in [0.3, 0.4) is 0 Å². The number of aliphatic hydroxyl groups is 4. The van der Waals surface area contributed by atoms with Crippen molar-refractivity contribution in [2.24, 2.45) is 28.6 Å². The first kappa shape index (κ1) is 54.1. The Kier molecular flexibility index (Phi) is 16.0. The number of amides is 1. The van der Waals surface area contributed by atoms with E-state index in [1.165, 1.54) is 39.0 Å². The zero-order valence-corrected chi connectivity index (χ0v) is 43.0. The number of thioether (sulfide) groups is 1. The fraction of sp³-hybridized carbons (Fsp3) is 0.611. The first-order valence-electron chi connectivity index (χ1n) is 25.2. The van der Waals surface area contributed by atoms with Gasteiger partial charge in [-0.3, -0.25) is 33.6 Å². The minimum atomic E-state index is -1.85. The summed E-state index contributed by atoms with van der Waals surface area (Å²) in [5.41, 5.74) is -0.00600. The molecule has 2 aromatic rings. The number of ketones is 3. The van der Waals surface area contributed by atoms with E-state index in [9.17, 15) is 54.0 Å². The molecule has 6 aliphatic rings. The lowest BCUT2D eigenvalue weighted by Gasteiger charge is -2.57. The fourth-order valence-electron chi connectivity index (χ4n) is 13.0. The van der Waals surface area contributed by atoms with Crippen LogP contribution in [0.4, 0.5) is 0 Å². The van der Waals surface area contributed by atoms with Crippen molar-refractivity contribution in [2.75, 3.05) is 33.7 Å². The van der Waals surface area contributed by atoms with Crippen molar-refractivity contribution in [1.82, 2.24) is 5.32 Å².